The van der Waals surface area contributed by atoms with Crippen LogP contribution in [0.2, 0.25) is 0 Å². The fourth-order valence-electron chi connectivity index (χ4n) is 3.52. The van der Waals surface area contributed by atoms with Crippen LogP contribution in [-0.4, -0.2) is 35.3 Å². The predicted octanol–water partition coefficient (Wildman–Crippen LogP) is 1.94. The summed E-state index contributed by atoms with van der Waals surface area (Å²) < 4.78 is 1.83. The highest BCUT2D eigenvalue weighted by Crippen LogP contribution is 2.27. The highest BCUT2D eigenvalue weighted by Gasteiger charge is 2.41. The molecular formula is C19H26N4O. The summed E-state index contributed by atoms with van der Waals surface area (Å²) in [5.41, 5.74) is 3.29. The molecule has 2 N–H and O–H groups in total. The van der Waals surface area contributed by atoms with Crippen molar-refractivity contribution in [3.8, 4) is 0 Å². The average Bonchev–Trinajstić information content (AvgIpc) is 3.12. The van der Waals surface area contributed by atoms with Gasteiger partial charge < -0.3 is 10.6 Å². The molecule has 2 heterocycles. The molecule has 0 unspecified atom stereocenters. The van der Waals surface area contributed by atoms with E-state index in [0.717, 1.165) is 32.4 Å². The zero-order valence-corrected chi connectivity index (χ0v) is 14.5. The molecule has 0 saturated carbocycles. The molecule has 1 saturated heterocycles. The highest BCUT2D eigenvalue weighted by molar-refractivity contribution is 5.84. The Bertz CT molecular complexity index is 687. The molecule has 5 heteroatoms. The summed E-state index contributed by atoms with van der Waals surface area (Å²) in [6.07, 6.45) is 6.03. The third kappa shape index (κ3) is 3.36. The number of carbonyl (C=O) groups excluding carboxylic acids is 1. The first-order valence-electron chi connectivity index (χ1n) is 8.67. The first-order chi connectivity index (χ1) is 11.6. The maximum atomic E-state index is 12.9. The number of benzene rings is 1. The van der Waals surface area contributed by atoms with Gasteiger partial charge in [-0.25, -0.2) is 0 Å². The van der Waals surface area contributed by atoms with E-state index in [1.807, 2.05) is 16.9 Å². The van der Waals surface area contributed by atoms with Crippen molar-refractivity contribution >= 4 is 5.91 Å². The van der Waals surface area contributed by atoms with E-state index in [4.69, 9.17) is 0 Å². The van der Waals surface area contributed by atoms with E-state index in [-0.39, 0.29) is 5.91 Å². The molecular weight excluding hydrogens is 300 g/mol. The van der Waals surface area contributed by atoms with Crippen LogP contribution in [-0.2, 0) is 16.8 Å². The lowest BCUT2D eigenvalue weighted by molar-refractivity contribution is -0.131. The van der Waals surface area contributed by atoms with Crippen molar-refractivity contribution in [1.82, 2.24) is 20.4 Å². The summed E-state index contributed by atoms with van der Waals surface area (Å²) in [5.74, 6) is 0.0810. The predicted molar refractivity (Wildman–Crippen MR) is 94.9 cm³/mol. The van der Waals surface area contributed by atoms with Gasteiger partial charge in [-0.3, -0.25) is 9.48 Å². The van der Waals surface area contributed by atoms with Gasteiger partial charge >= 0.3 is 0 Å². The largest absolute Gasteiger partial charge is 0.354 e. The maximum absolute atomic E-state index is 12.9. The van der Waals surface area contributed by atoms with Crippen LogP contribution in [0.15, 0.2) is 36.7 Å². The SMILES string of the molecule is Cc1ccc(CCNC(=O)C2(n3cccn3)CCNCC2)c(C)c1. The van der Waals surface area contributed by atoms with E-state index in [0.29, 0.717) is 6.54 Å². The second kappa shape index (κ2) is 7.18. The molecule has 1 amide bonds. The van der Waals surface area contributed by atoms with Gasteiger partial charge in [0.05, 0.1) is 0 Å². The molecule has 5 nitrogen and oxygen atoms in total. The van der Waals surface area contributed by atoms with Crippen LogP contribution in [0.4, 0.5) is 0 Å². The van der Waals surface area contributed by atoms with E-state index in [2.05, 4.69) is 47.8 Å². The van der Waals surface area contributed by atoms with E-state index in [9.17, 15) is 4.79 Å². The molecule has 0 radical (unpaired) electrons. The van der Waals surface area contributed by atoms with Crippen LogP contribution in [0.1, 0.15) is 29.5 Å². The third-order valence-electron chi connectivity index (χ3n) is 4.97. The standard InChI is InChI=1S/C19H26N4O/c1-15-4-5-17(16(2)14-15)6-10-21-18(24)19(7-11-20-12-8-19)23-13-3-9-22-23/h3-5,9,13-14,20H,6-8,10-12H2,1-2H3,(H,21,24). The zero-order chi connectivity index (χ0) is 17.0. The lowest BCUT2D eigenvalue weighted by Gasteiger charge is -2.36. The van der Waals surface area contributed by atoms with Crippen molar-refractivity contribution in [3.05, 3.63) is 53.3 Å². The Morgan fingerprint density at radius 2 is 2.12 bits per heavy atom. The molecule has 1 aromatic heterocycles. The number of nitrogens with zero attached hydrogens (tertiary/aromatic N) is 2. The lowest BCUT2D eigenvalue weighted by atomic mass is 9.87. The Morgan fingerprint density at radius 3 is 2.79 bits per heavy atom. The van der Waals surface area contributed by atoms with E-state index < -0.39 is 5.54 Å². The summed E-state index contributed by atoms with van der Waals surface area (Å²) in [7, 11) is 0. The third-order valence-corrected chi connectivity index (χ3v) is 4.97. The topological polar surface area (TPSA) is 59.0 Å². The minimum Gasteiger partial charge on any atom is -0.354 e. The molecule has 0 bridgehead atoms. The van der Waals surface area contributed by atoms with Crippen molar-refractivity contribution in [2.24, 2.45) is 0 Å². The van der Waals surface area contributed by atoms with Gasteiger partial charge in [0.1, 0.15) is 5.54 Å². The van der Waals surface area contributed by atoms with Crippen molar-refractivity contribution in [2.75, 3.05) is 19.6 Å². The zero-order valence-electron chi connectivity index (χ0n) is 14.5. The van der Waals surface area contributed by atoms with Crippen molar-refractivity contribution in [2.45, 2.75) is 38.6 Å². The normalized spacial score (nSPS) is 16.8. The molecule has 0 aliphatic carbocycles. The first-order valence-corrected chi connectivity index (χ1v) is 8.67. The van der Waals surface area contributed by atoms with Crippen LogP contribution < -0.4 is 10.6 Å². The van der Waals surface area contributed by atoms with Gasteiger partial charge in [-0.05, 0) is 63.4 Å². The van der Waals surface area contributed by atoms with Gasteiger partial charge in [0.15, 0.2) is 0 Å². The number of carbonyl (C=O) groups is 1. The minimum absolute atomic E-state index is 0.0810. The summed E-state index contributed by atoms with van der Waals surface area (Å²) in [6, 6.07) is 8.36. The first kappa shape index (κ1) is 16.7. The molecule has 2 aromatic rings. The van der Waals surface area contributed by atoms with Gasteiger partial charge in [-0.2, -0.15) is 5.10 Å². The molecule has 0 spiro atoms. The number of rotatable bonds is 5. The Labute approximate surface area is 143 Å². The van der Waals surface area contributed by atoms with Gasteiger partial charge in [0.2, 0.25) is 5.91 Å². The minimum atomic E-state index is -0.558. The Hall–Kier alpha value is -2.14. The smallest absolute Gasteiger partial charge is 0.248 e. The second-order valence-corrected chi connectivity index (χ2v) is 6.67. The summed E-state index contributed by atoms with van der Waals surface area (Å²) in [4.78, 5) is 12.9. The van der Waals surface area contributed by atoms with E-state index >= 15 is 0 Å². The number of hydrogen-bond donors (Lipinski definition) is 2. The molecule has 1 aliphatic heterocycles. The average molecular weight is 326 g/mol. The maximum Gasteiger partial charge on any atom is 0.248 e. The quantitative estimate of drug-likeness (QED) is 0.883. The van der Waals surface area contributed by atoms with Crippen LogP contribution in [0.25, 0.3) is 0 Å². The summed E-state index contributed by atoms with van der Waals surface area (Å²) in [5, 5.41) is 10.8. The van der Waals surface area contributed by atoms with Crippen LogP contribution >= 0.6 is 0 Å². The Morgan fingerprint density at radius 1 is 1.33 bits per heavy atom. The summed E-state index contributed by atoms with van der Waals surface area (Å²) >= 11 is 0. The van der Waals surface area contributed by atoms with Gasteiger partial charge in [0, 0.05) is 18.9 Å². The Kier molecular flexibility index (Phi) is 5.00. The van der Waals surface area contributed by atoms with Crippen LogP contribution in [0.3, 0.4) is 0 Å². The second-order valence-electron chi connectivity index (χ2n) is 6.67. The fourth-order valence-corrected chi connectivity index (χ4v) is 3.52. The van der Waals surface area contributed by atoms with E-state index in [1.165, 1.54) is 16.7 Å². The number of aromatic nitrogens is 2. The lowest BCUT2D eigenvalue weighted by Crippen LogP contribution is -2.54. The molecule has 128 valence electrons. The fraction of sp³-hybridized carbons (Fsp3) is 0.474. The van der Waals surface area contributed by atoms with Crippen molar-refractivity contribution in [3.63, 3.8) is 0 Å². The number of aryl methyl sites for hydroxylation is 2. The van der Waals surface area contributed by atoms with Crippen molar-refractivity contribution < 1.29 is 4.79 Å². The number of piperidine rings is 1. The van der Waals surface area contributed by atoms with E-state index in [1.54, 1.807) is 6.20 Å². The van der Waals surface area contributed by atoms with Crippen LogP contribution in [0.5, 0.6) is 0 Å². The molecule has 1 aliphatic rings. The Balaban J connectivity index is 1.66. The summed E-state index contributed by atoms with van der Waals surface area (Å²) in [6.45, 7) is 6.56. The molecule has 24 heavy (non-hydrogen) atoms. The van der Waals surface area contributed by atoms with Gasteiger partial charge in [-0.1, -0.05) is 23.8 Å². The van der Waals surface area contributed by atoms with Crippen LogP contribution in [0, 0.1) is 13.8 Å². The number of amides is 1. The molecule has 0 atom stereocenters. The monoisotopic (exact) mass is 326 g/mol. The molecule has 1 aromatic carbocycles. The highest BCUT2D eigenvalue weighted by atomic mass is 16.2. The number of nitrogens with one attached hydrogen (secondary N) is 2. The van der Waals surface area contributed by atoms with Gasteiger partial charge in [-0.15, -0.1) is 0 Å². The number of hydrogen-bond acceptors (Lipinski definition) is 3. The van der Waals surface area contributed by atoms with Gasteiger partial charge in [0.25, 0.3) is 0 Å². The molecule has 1 fully saturated rings. The molecule has 3 rings (SSSR count). The van der Waals surface area contributed by atoms with Crippen molar-refractivity contribution in [1.29, 1.82) is 0 Å².